The van der Waals surface area contributed by atoms with Crippen molar-refractivity contribution < 1.29 is 0 Å². The Morgan fingerprint density at radius 3 is 2.60 bits per heavy atom. The Kier molecular flexibility index (Phi) is 3.15. The Labute approximate surface area is 63.2 Å². The van der Waals surface area contributed by atoms with Crippen LogP contribution in [0, 0.1) is 18.4 Å². The normalized spacial score (nSPS) is 19.9. The zero-order chi connectivity index (χ0) is 7.23. The lowest BCUT2D eigenvalue weighted by Crippen LogP contribution is -2.20. The molecule has 1 fully saturated rings. The highest BCUT2D eigenvalue weighted by atomic mass is 14.8. The number of nitrogens with one attached hydrogen (secondary N) is 1. The summed E-state index contributed by atoms with van der Waals surface area (Å²) in [5.41, 5.74) is 0. The van der Waals surface area contributed by atoms with Crippen LogP contribution in [-0.4, -0.2) is 6.54 Å². The van der Waals surface area contributed by atoms with Crippen molar-refractivity contribution in [2.24, 2.45) is 5.92 Å². The molecule has 0 bridgehead atoms. The molecule has 1 aliphatic carbocycles. The number of terminal acetylenes is 1. The maximum Gasteiger partial charge on any atom is 0.0257 e. The largest absolute Gasteiger partial charge is 0.346 e. The van der Waals surface area contributed by atoms with Crippen LogP contribution in [0.4, 0.5) is 0 Å². The van der Waals surface area contributed by atoms with Crippen molar-refractivity contribution >= 4 is 0 Å². The molecule has 10 heavy (non-hydrogen) atoms. The van der Waals surface area contributed by atoms with E-state index in [1.54, 1.807) is 0 Å². The van der Waals surface area contributed by atoms with Crippen molar-refractivity contribution in [2.45, 2.75) is 32.1 Å². The van der Waals surface area contributed by atoms with E-state index in [4.69, 9.17) is 6.42 Å². The van der Waals surface area contributed by atoms with Gasteiger partial charge >= 0.3 is 0 Å². The summed E-state index contributed by atoms with van der Waals surface area (Å²) in [6.45, 7) is 1.02. The summed E-state index contributed by atoms with van der Waals surface area (Å²) in [6, 6.07) is 2.46. The predicted octanol–water partition coefficient (Wildman–Crippen LogP) is 1.75. The first-order valence-electron chi connectivity index (χ1n) is 4.12. The second kappa shape index (κ2) is 4.22. The van der Waals surface area contributed by atoms with Crippen LogP contribution in [0.1, 0.15) is 32.1 Å². The third-order valence-electron chi connectivity index (χ3n) is 2.22. The van der Waals surface area contributed by atoms with Gasteiger partial charge in [0.2, 0.25) is 0 Å². The van der Waals surface area contributed by atoms with Crippen molar-refractivity contribution in [2.75, 3.05) is 6.54 Å². The average Bonchev–Trinajstić information content (AvgIpc) is 2.03. The molecule has 1 saturated carbocycles. The van der Waals surface area contributed by atoms with Crippen molar-refractivity contribution in [3.05, 3.63) is 0 Å². The molecule has 0 atom stereocenters. The molecule has 0 spiro atoms. The quantitative estimate of drug-likeness (QED) is 0.451. The molecule has 0 amide bonds. The highest BCUT2D eigenvalue weighted by molar-refractivity contribution is 4.81. The smallest absolute Gasteiger partial charge is 0.0257 e. The minimum absolute atomic E-state index is 0.852. The van der Waals surface area contributed by atoms with Gasteiger partial charge in [0.15, 0.2) is 0 Å². The van der Waals surface area contributed by atoms with E-state index in [2.05, 4.69) is 11.4 Å². The molecule has 0 aromatic carbocycles. The van der Waals surface area contributed by atoms with Crippen molar-refractivity contribution in [3.8, 4) is 12.5 Å². The maximum absolute atomic E-state index is 5.08. The molecule has 56 valence electrons. The summed E-state index contributed by atoms with van der Waals surface area (Å²) < 4.78 is 0. The number of hydrogen-bond donors (Lipinski definition) is 1. The molecule has 0 radical (unpaired) electrons. The molecule has 0 aliphatic heterocycles. The molecule has 0 unspecified atom stereocenters. The van der Waals surface area contributed by atoms with E-state index in [0.717, 1.165) is 12.5 Å². The van der Waals surface area contributed by atoms with Gasteiger partial charge in [-0.3, -0.25) is 0 Å². The van der Waals surface area contributed by atoms with Crippen LogP contribution in [0.15, 0.2) is 0 Å². The molecule has 0 aromatic heterocycles. The van der Waals surface area contributed by atoms with Gasteiger partial charge in [-0.1, -0.05) is 25.7 Å². The van der Waals surface area contributed by atoms with Crippen LogP contribution in [0.25, 0.3) is 0 Å². The van der Waals surface area contributed by atoms with Gasteiger partial charge in [-0.15, -0.1) is 0 Å². The lowest BCUT2D eigenvalue weighted by molar-refractivity contribution is 0.355. The molecule has 0 saturated heterocycles. The summed E-state index contributed by atoms with van der Waals surface area (Å²) in [4.78, 5) is 0. The minimum Gasteiger partial charge on any atom is -0.346 e. The lowest BCUT2D eigenvalue weighted by Gasteiger charge is -2.20. The van der Waals surface area contributed by atoms with Crippen LogP contribution in [-0.2, 0) is 0 Å². The van der Waals surface area contributed by atoms with E-state index in [9.17, 15) is 0 Å². The second-order valence-electron chi connectivity index (χ2n) is 3.03. The first-order chi connectivity index (χ1) is 4.93. The molecule has 1 N–H and O–H groups in total. The van der Waals surface area contributed by atoms with Gasteiger partial charge in [-0.2, -0.15) is 0 Å². The molecule has 1 rings (SSSR count). The van der Waals surface area contributed by atoms with Gasteiger partial charge in [0.05, 0.1) is 0 Å². The summed E-state index contributed by atoms with van der Waals surface area (Å²) >= 11 is 0. The van der Waals surface area contributed by atoms with E-state index in [1.165, 1.54) is 32.1 Å². The third-order valence-corrected chi connectivity index (χ3v) is 2.22. The minimum atomic E-state index is 0.852. The first kappa shape index (κ1) is 7.47. The molecular formula is C9H15N. The fourth-order valence-electron chi connectivity index (χ4n) is 1.59. The van der Waals surface area contributed by atoms with Gasteiger partial charge < -0.3 is 5.32 Å². The highest BCUT2D eigenvalue weighted by Crippen LogP contribution is 2.22. The van der Waals surface area contributed by atoms with Gasteiger partial charge in [-0.25, -0.2) is 0 Å². The van der Waals surface area contributed by atoms with Crippen LogP contribution in [0.2, 0.25) is 0 Å². The van der Waals surface area contributed by atoms with E-state index in [1.807, 2.05) is 0 Å². The summed E-state index contributed by atoms with van der Waals surface area (Å²) in [6.07, 6.45) is 12.0. The van der Waals surface area contributed by atoms with Crippen LogP contribution in [0.3, 0.4) is 0 Å². The summed E-state index contributed by atoms with van der Waals surface area (Å²) in [5, 5.41) is 2.95. The molecule has 1 nitrogen and oxygen atoms in total. The average molecular weight is 137 g/mol. The zero-order valence-electron chi connectivity index (χ0n) is 6.40. The summed E-state index contributed by atoms with van der Waals surface area (Å²) in [7, 11) is 0. The SMILES string of the molecule is C#CNCC1CCCCC1. The first-order valence-corrected chi connectivity index (χ1v) is 4.12. The number of rotatable bonds is 2. The summed E-state index contributed by atoms with van der Waals surface area (Å²) in [5.74, 6) is 0.852. The molecule has 1 heteroatoms. The lowest BCUT2D eigenvalue weighted by atomic mass is 9.89. The fourth-order valence-corrected chi connectivity index (χ4v) is 1.59. The fraction of sp³-hybridized carbons (Fsp3) is 0.778. The van der Waals surface area contributed by atoms with E-state index < -0.39 is 0 Å². The Morgan fingerprint density at radius 1 is 1.30 bits per heavy atom. The molecular weight excluding hydrogens is 122 g/mol. The Balaban J connectivity index is 2.09. The molecule has 0 aromatic rings. The van der Waals surface area contributed by atoms with Crippen LogP contribution in [0.5, 0.6) is 0 Å². The standard InChI is InChI=1S/C9H15N/c1-2-10-8-9-6-4-3-5-7-9/h1,9-10H,3-8H2. The third kappa shape index (κ3) is 2.31. The number of hydrogen-bond acceptors (Lipinski definition) is 1. The van der Waals surface area contributed by atoms with Crippen molar-refractivity contribution in [1.29, 1.82) is 0 Å². The van der Waals surface area contributed by atoms with Crippen molar-refractivity contribution in [1.82, 2.24) is 5.32 Å². The van der Waals surface area contributed by atoms with E-state index >= 15 is 0 Å². The Morgan fingerprint density at radius 2 is 2.00 bits per heavy atom. The topological polar surface area (TPSA) is 12.0 Å². The van der Waals surface area contributed by atoms with Crippen LogP contribution < -0.4 is 5.32 Å². The van der Waals surface area contributed by atoms with Gasteiger partial charge in [-0.05, 0) is 18.8 Å². The second-order valence-corrected chi connectivity index (χ2v) is 3.03. The van der Waals surface area contributed by atoms with Gasteiger partial charge in [0.1, 0.15) is 0 Å². The Bertz CT molecular complexity index is 117. The highest BCUT2D eigenvalue weighted by Gasteiger charge is 2.11. The Hall–Kier alpha value is -0.640. The van der Waals surface area contributed by atoms with Crippen LogP contribution >= 0.6 is 0 Å². The predicted molar refractivity (Wildman–Crippen MR) is 43.4 cm³/mol. The molecule has 1 aliphatic rings. The van der Waals surface area contributed by atoms with E-state index in [-0.39, 0.29) is 0 Å². The molecule has 0 heterocycles. The monoisotopic (exact) mass is 137 g/mol. The van der Waals surface area contributed by atoms with Gasteiger partial charge in [0.25, 0.3) is 0 Å². The zero-order valence-corrected chi connectivity index (χ0v) is 6.40. The van der Waals surface area contributed by atoms with E-state index in [0.29, 0.717) is 0 Å². The maximum atomic E-state index is 5.08. The van der Waals surface area contributed by atoms with Gasteiger partial charge in [0, 0.05) is 12.6 Å². The van der Waals surface area contributed by atoms with Crippen molar-refractivity contribution in [3.63, 3.8) is 0 Å².